The quantitative estimate of drug-likeness (QED) is 0.478. The van der Waals surface area contributed by atoms with Crippen LogP contribution in [0.1, 0.15) is 13.8 Å². The van der Waals surface area contributed by atoms with Crippen LogP contribution in [0.3, 0.4) is 0 Å². The third-order valence-corrected chi connectivity index (χ3v) is 1.57. The van der Waals surface area contributed by atoms with Gasteiger partial charge in [0.15, 0.2) is 0 Å². The van der Waals surface area contributed by atoms with E-state index in [1.54, 1.807) is 21.0 Å². The molecule has 4 heteroatoms. The molecular weight excluding hydrogens is 158 g/mol. The first-order chi connectivity index (χ1) is 5.54. The van der Waals surface area contributed by atoms with Crippen LogP contribution in [0, 0.1) is 0 Å². The van der Waals surface area contributed by atoms with Gasteiger partial charge in [-0.3, -0.25) is 4.79 Å². The van der Waals surface area contributed by atoms with Gasteiger partial charge < -0.3 is 14.8 Å². The zero-order valence-corrected chi connectivity index (χ0v) is 8.14. The average Bonchev–Trinajstić information content (AvgIpc) is 2.03. The fourth-order valence-corrected chi connectivity index (χ4v) is 0.793. The van der Waals surface area contributed by atoms with Crippen molar-refractivity contribution in [3.63, 3.8) is 0 Å². The van der Waals surface area contributed by atoms with E-state index in [0.29, 0.717) is 13.2 Å². The Bertz CT molecular complexity index is 145. The van der Waals surface area contributed by atoms with Crippen molar-refractivity contribution in [2.45, 2.75) is 19.4 Å². The summed E-state index contributed by atoms with van der Waals surface area (Å²) in [6, 6.07) is 0. The minimum atomic E-state index is -0.632. The van der Waals surface area contributed by atoms with E-state index < -0.39 is 5.54 Å². The van der Waals surface area contributed by atoms with Crippen molar-refractivity contribution in [1.82, 2.24) is 5.32 Å². The van der Waals surface area contributed by atoms with Crippen LogP contribution in [-0.4, -0.2) is 38.9 Å². The monoisotopic (exact) mass is 175 g/mol. The first-order valence-electron chi connectivity index (χ1n) is 3.87. The van der Waals surface area contributed by atoms with E-state index in [9.17, 15) is 4.79 Å². The Labute approximate surface area is 73.2 Å². The van der Waals surface area contributed by atoms with Gasteiger partial charge in [0.25, 0.3) is 0 Å². The van der Waals surface area contributed by atoms with Crippen molar-refractivity contribution >= 4 is 5.97 Å². The SMILES string of the molecule is COCCNC(C)(C)C(=O)OC. The standard InChI is InChI=1S/C8H17NO3/c1-8(2,7(10)12-4)9-5-6-11-3/h9H,5-6H2,1-4H3. The zero-order chi connectivity index (χ0) is 9.61. The molecule has 0 saturated carbocycles. The van der Waals surface area contributed by atoms with Crippen molar-refractivity contribution in [3.05, 3.63) is 0 Å². The lowest BCUT2D eigenvalue weighted by Gasteiger charge is -2.22. The Morgan fingerprint density at radius 1 is 1.42 bits per heavy atom. The molecule has 0 fully saturated rings. The molecule has 0 aliphatic carbocycles. The number of hydrogen-bond acceptors (Lipinski definition) is 4. The number of esters is 1. The van der Waals surface area contributed by atoms with Gasteiger partial charge in [-0.1, -0.05) is 0 Å². The van der Waals surface area contributed by atoms with Crippen molar-refractivity contribution in [1.29, 1.82) is 0 Å². The van der Waals surface area contributed by atoms with Crippen molar-refractivity contribution < 1.29 is 14.3 Å². The third kappa shape index (κ3) is 3.69. The van der Waals surface area contributed by atoms with Crippen LogP contribution in [0.4, 0.5) is 0 Å². The Balaban J connectivity index is 3.78. The lowest BCUT2D eigenvalue weighted by Crippen LogP contribution is -2.48. The van der Waals surface area contributed by atoms with Gasteiger partial charge in [0, 0.05) is 13.7 Å². The molecule has 1 N–H and O–H groups in total. The molecule has 0 radical (unpaired) electrons. The van der Waals surface area contributed by atoms with Crippen LogP contribution < -0.4 is 5.32 Å². The van der Waals surface area contributed by atoms with E-state index in [4.69, 9.17) is 4.74 Å². The van der Waals surface area contributed by atoms with Crippen LogP contribution in [0.25, 0.3) is 0 Å². The number of carbonyl (C=O) groups excluding carboxylic acids is 1. The second kappa shape index (κ2) is 5.11. The topological polar surface area (TPSA) is 47.6 Å². The molecule has 0 amide bonds. The highest BCUT2D eigenvalue weighted by Crippen LogP contribution is 2.03. The number of ether oxygens (including phenoxy) is 2. The fourth-order valence-electron chi connectivity index (χ4n) is 0.793. The molecule has 0 unspecified atom stereocenters. The highest BCUT2D eigenvalue weighted by molar-refractivity contribution is 5.79. The molecule has 4 nitrogen and oxygen atoms in total. The van der Waals surface area contributed by atoms with Gasteiger partial charge in [-0.05, 0) is 13.8 Å². The summed E-state index contributed by atoms with van der Waals surface area (Å²) in [4.78, 5) is 11.1. The largest absolute Gasteiger partial charge is 0.468 e. The predicted octanol–water partition coefficient (Wildman–Crippen LogP) is 0.174. The van der Waals surface area contributed by atoms with Gasteiger partial charge in [-0.2, -0.15) is 0 Å². The van der Waals surface area contributed by atoms with Gasteiger partial charge in [-0.15, -0.1) is 0 Å². The molecule has 12 heavy (non-hydrogen) atoms. The number of rotatable bonds is 5. The summed E-state index contributed by atoms with van der Waals surface area (Å²) in [6.07, 6.45) is 0. The smallest absolute Gasteiger partial charge is 0.325 e. The lowest BCUT2D eigenvalue weighted by molar-refractivity contribution is -0.147. The van der Waals surface area contributed by atoms with Crippen LogP contribution in [0.5, 0.6) is 0 Å². The maximum atomic E-state index is 11.1. The van der Waals surface area contributed by atoms with Crippen molar-refractivity contribution in [3.8, 4) is 0 Å². The number of nitrogens with one attached hydrogen (secondary N) is 1. The summed E-state index contributed by atoms with van der Waals surface area (Å²) in [5.41, 5.74) is -0.632. The van der Waals surface area contributed by atoms with Gasteiger partial charge in [0.2, 0.25) is 0 Å². The molecule has 0 aliphatic rings. The van der Waals surface area contributed by atoms with Crippen LogP contribution in [-0.2, 0) is 14.3 Å². The van der Waals surface area contributed by atoms with Gasteiger partial charge >= 0.3 is 5.97 Å². The van der Waals surface area contributed by atoms with E-state index in [0.717, 1.165) is 0 Å². The zero-order valence-electron chi connectivity index (χ0n) is 8.14. The summed E-state index contributed by atoms with van der Waals surface area (Å²) < 4.78 is 9.44. The highest BCUT2D eigenvalue weighted by Gasteiger charge is 2.27. The van der Waals surface area contributed by atoms with Crippen LogP contribution in [0.2, 0.25) is 0 Å². The molecule has 0 aromatic carbocycles. The Morgan fingerprint density at radius 2 is 2.00 bits per heavy atom. The summed E-state index contributed by atoms with van der Waals surface area (Å²) in [7, 11) is 2.99. The molecular formula is C8H17NO3. The number of methoxy groups -OCH3 is 2. The predicted molar refractivity (Wildman–Crippen MR) is 46.0 cm³/mol. The lowest BCUT2D eigenvalue weighted by atomic mass is 10.1. The summed E-state index contributed by atoms with van der Waals surface area (Å²) in [6.45, 7) is 4.77. The minimum absolute atomic E-state index is 0.265. The van der Waals surface area contributed by atoms with Gasteiger partial charge in [0.05, 0.1) is 13.7 Å². The Hall–Kier alpha value is -0.610. The molecule has 0 heterocycles. The molecule has 0 rings (SSSR count). The average molecular weight is 175 g/mol. The first kappa shape index (κ1) is 11.4. The second-order valence-electron chi connectivity index (χ2n) is 3.04. The van der Waals surface area contributed by atoms with E-state index in [1.165, 1.54) is 7.11 Å². The molecule has 0 atom stereocenters. The minimum Gasteiger partial charge on any atom is -0.468 e. The number of carbonyl (C=O) groups is 1. The van der Waals surface area contributed by atoms with Gasteiger partial charge in [0.1, 0.15) is 5.54 Å². The van der Waals surface area contributed by atoms with Crippen molar-refractivity contribution in [2.24, 2.45) is 0 Å². The van der Waals surface area contributed by atoms with Crippen LogP contribution >= 0.6 is 0 Å². The second-order valence-corrected chi connectivity index (χ2v) is 3.04. The van der Waals surface area contributed by atoms with Crippen molar-refractivity contribution in [2.75, 3.05) is 27.4 Å². The summed E-state index contributed by atoms with van der Waals surface area (Å²) >= 11 is 0. The molecule has 0 saturated heterocycles. The van der Waals surface area contributed by atoms with Gasteiger partial charge in [-0.25, -0.2) is 0 Å². The molecule has 0 aromatic rings. The van der Waals surface area contributed by atoms with E-state index in [2.05, 4.69) is 10.1 Å². The van der Waals surface area contributed by atoms with E-state index >= 15 is 0 Å². The maximum Gasteiger partial charge on any atom is 0.325 e. The maximum absolute atomic E-state index is 11.1. The summed E-state index contributed by atoms with van der Waals surface area (Å²) in [5.74, 6) is -0.265. The molecule has 0 spiro atoms. The third-order valence-electron chi connectivity index (χ3n) is 1.57. The molecule has 0 aliphatic heterocycles. The molecule has 0 aromatic heterocycles. The highest BCUT2D eigenvalue weighted by atomic mass is 16.5. The number of hydrogen-bond donors (Lipinski definition) is 1. The van der Waals surface area contributed by atoms with Crippen LogP contribution in [0.15, 0.2) is 0 Å². The normalized spacial score (nSPS) is 11.3. The Morgan fingerprint density at radius 3 is 2.42 bits per heavy atom. The summed E-state index contributed by atoms with van der Waals surface area (Å²) in [5, 5.41) is 3.01. The molecule has 72 valence electrons. The fraction of sp³-hybridized carbons (Fsp3) is 0.875. The van der Waals surface area contributed by atoms with E-state index in [1.807, 2.05) is 0 Å². The Kier molecular flexibility index (Phi) is 4.85. The first-order valence-corrected chi connectivity index (χ1v) is 3.87. The van der Waals surface area contributed by atoms with E-state index in [-0.39, 0.29) is 5.97 Å². The molecule has 0 bridgehead atoms.